The van der Waals surface area contributed by atoms with Crippen molar-refractivity contribution in [2.75, 3.05) is 19.5 Å². The first-order chi connectivity index (χ1) is 9.65. The van der Waals surface area contributed by atoms with Gasteiger partial charge < -0.3 is 19.2 Å². The quantitative estimate of drug-likeness (QED) is 0.680. The summed E-state index contributed by atoms with van der Waals surface area (Å²) in [5.41, 5.74) is 1.27. The molecule has 1 aromatic carbocycles. The lowest BCUT2D eigenvalue weighted by molar-refractivity contribution is -0.138. The average molecular weight is 275 g/mol. The molecule has 104 valence electrons. The van der Waals surface area contributed by atoms with Crippen molar-refractivity contribution in [1.29, 1.82) is 0 Å². The van der Waals surface area contributed by atoms with E-state index in [2.05, 4.69) is 14.8 Å². The number of nitrogens with one attached hydrogen (secondary N) is 1. The highest BCUT2D eigenvalue weighted by atomic mass is 16.5. The number of rotatable bonds is 4. The Labute approximate surface area is 115 Å². The van der Waals surface area contributed by atoms with Gasteiger partial charge in [0.2, 0.25) is 0 Å². The Balaban J connectivity index is 2.37. The average Bonchev–Trinajstić information content (AvgIpc) is 2.94. The normalized spacial score (nSPS) is 11.2. The van der Waals surface area contributed by atoms with Crippen molar-refractivity contribution in [1.82, 2.24) is 0 Å². The number of methoxy groups -OCH3 is 2. The van der Waals surface area contributed by atoms with Crippen molar-refractivity contribution in [2.45, 2.75) is 0 Å². The number of benzene rings is 1. The third-order valence-electron chi connectivity index (χ3n) is 2.63. The lowest BCUT2D eigenvalue weighted by Gasteiger charge is -2.09. The van der Waals surface area contributed by atoms with Crippen LogP contribution in [0.25, 0.3) is 11.0 Å². The van der Waals surface area contributed by atoms with E-state index in [1.807, 2.05) is 0 Å². The smallest absolute Gasteiger partial charge is 0.354 e. The molecule has 2 aromatic rings. The number of anilines is 1. The van der Waals surface area contributed by atoms with Crippen LogP contribution in [-0.4, -0.2) is 26.2 Å². The third-order valence-corrected chi connectivity index (χ3v) is 2.63. The summed E-state index contributed by atoms with van der Waals surface area (Å²) in [4.78, 5) is 22.9. The number of ether oxygens (including phenoxy) is 2. The zero-order valence-corrected chi connectivity index (χ0v) is 11.0. The topological polar surface area (TPSA) is 77.8 Å². The van der Waals surface area contributed by atoms with Crippen LogP contribution in [0.15, 0.2) is 46.7 Å². The Morgan fingerprint density at radius 1 is 1.20 bits per heavy atom. The van der Waals surface area contributed by atoms with Gasteiger partial charge in [-0.1, -0.05) is 6.07 Å². The number of carbonyl (C=O) groups is 2. The SMILES string of the molecule is COC(=O)/C=C(/Nc1cccc2occc12)C(=O)OC. The number of hydrogen-bond acceptors (Lipinski definition) is 6. The molecule has 1 heterocycles. The molecule has 0 aliphatic heterocycles. The maximum Gasteiger partial charge on any atom is 0.354 e. The van der Waals surface area contributed by atoms with Gasteiger partial charge in [0.1, 0.15) is 11.3 Å². The second-order valence-corrected chi connectivity index (χ2v) is 3.84. The van der Waals surface area contributed by atoms with Crippen molar-refractivity contribution in [3.05, 3.63) is 42.3 Å². The van der Waals surface area contributed by atoms with Crippen LogP contribution in [0.5, 0.6) is 0 Å². The molecule has 0 fully saturated rings. The molecule has 0 aliphatic carbocycles. The largest absolute Gasteiger partial charge is 0.466 e. The fourth-order valence-corrected chi connectivity index (χ4v) is 1.68. The maximum atomic E-state index is 11.7. The zero-order chi connectivity index (χ0) is 14.5. The van der Waals surface area contributed by atoms with Crippen LogP contribution in [-0.2, 0) is 19.1 Å². The summed E-state index contributed by atoms with van der Waals surface area (Å²) in [5, 5.41) is 3.63. The van der Waals surface area contributed by atoms with Gasteiger partial charge in [-0.15, -0.1) is 0 Å². The second-order valence-electron chi connectivity index (χ2n) is 3.84. The van der Waals surface area contributed by atoms with Crippen molar-refractivity contribution < 1.29 is 23.5 Å². The van der Waals surface area contributed by atoms with Gasteiger partial charge in [-0.2, -0.15) is 0 Å². The van der Waals surface area contributed by atoms with E-state index in [4.69, 9.17) is 4.42 Å². The summed E-state index contributed by atoms with van der Waals surface area (Å²) >= 11 is 0. The Bertz CT molecular complexity index is 671. The first-order valence-electron chi connectivity index (χ1n) is 5.77. The third kappa shape index (κ3) is 2.80. The molecule has 0 atom stereocenters. The summed E-state index contributed by atoms with van der Waals surface area (Å²) in [6.07, 6.45) is 2.57. The Kier molecular flexibility index (Phi) is 4.05. The number of carbonyl (C=O) groups excluding carboxylic acids is 2. The van der Waals surface area contributed by atoms with Gasteiger partial charge in [0.05, 0.1) is 26.6 Å². The molecule has 6 heteroatoms. The van der Waals surface area contributed by atoms with E-state index in [9.17, 15) is 9.59 Å². The molecular weight excluding hydrogens is 262 g/mol. The second kappa shape index (κ2) is 5.92. The first kappa shape index (κ1) is 13.7. The molecule has 6 nitrogen and oxygen atoms in total. The van der Waals surface area contributed by atoms with E-state index < -0.39 is 11.9 Å². The molecule has 0 unspecified atom stereocenters. The predicted octanol–water partition coefficient (Wildman–Crippen LogP) is 2.07. The van der Waals surface area contributed by atoms with Gasteiger partial charge in [-0.25, -0.2) is 9.59 Å². The van der Waals surface area contributed by atoms with Crippen LogP contribution in [0.2, 0.25) is 0 Å². The highest BCUT2D eigenvalue weighted by molar-refractivity contribution is 6.01. The fraction of sp³-hybridized carbons (Fsp3) is 0.143. The number of furan rings is 1. The monoisotopic (exact) mass is 275 g/mol. The maximum absolute atomic E-state index is 11.7. The van der Waals surface area contributed by atoms with E-state index in [0.717, 1.165) is 11.5 Å². The summed E-state index contributed by atoms with van der Waals surface area (Å²) in [6, 6.07) is 7.07. The van der Waals surface area contributed by atoms with E-state index in [1.165, 1.54) is 20.5 Å². The van der Waals surface area contributed by atoms with Gasteiger partial charge in [0, 0.05) is 11.1 Å². The van der Waals surface area contributed by atoms with E-state index in [0.29, 0.717) is 11.3 Å². The van der Waals surface area contributed by atoms with Gasteiger partial charge in [-0.3, -0.25) is 0 Å². The molecule has 0 aliphatic rings. The fourth-order valence-electron chi connectivity index (χ4n) is 1.68. The van der Waals surface area contributed by atoms with Crippen molar-refractivity contribution in [3.8, 4) is 0 Å². The summed E-state index contributed by atoms with van der Waals surface area (Å²) in [6.45, 7) is 0. The molecule has 0 amide bonds. The standard InChI is InChI=1S/C14H13NO5/c1-18-13(16)8-11(14(17)19-2)15-10-4-3-5-12-9(10)6-7-20-12/h3-8,15H,1-2H3/b11-8+. The summed E-state index contributed by atoms with van der Waals surface area (Å²) in [5.74, 6) is -1.33. The van der Waals surface area contributed by atoms with Crippen LogP contribution in [0.3, 0.4) is 0 Å². The zero-order valence-electron chi connectivity index (χ0n) is 11.0. The molecule has 1 N–H and O–H groups in total. The molecule has 0 saturated carbocycles. The Morgan fingerprint density at radius 2 is 2.00 bits per heavy atom. The van der Waals surface area contributed by atoms with Crippen LogP contribution >= 0.6 is 0 Å². The van der Waals surface area contributed by atoms with Crippen LogP contribution in [0.1, 0.15) is 0 Å². The lowest BCUT2D eigenvalue weighted by Crippen LogP contribution is -2.15. The summed E-state index contributed by atoms with van der Waals surface area (Å²) < 4.78 is 14.4. The molecule has 0 radical (unpaired) electrons. The van der Waals surface area contributed by atoms with Crippen LogP contribution < -0.4 is 5.32 Å². The molecule has 1 aromatic heterocycles. The molecule has 20 heavy (non-hydrogen) atoms. The number of esters is 2. The molecule has 2 rings (SSSR count). The van der Waals surface area contributed by atoms with E-state index in [-0.39, 0.29) is 5.70 Å². The summed E-state index contributed by atoms with van der Waals surface area (Å²) in [7, 11) is 2.46. The highest BCUT2D eigenvalue weighted by Crippen LogP contribution is 2.25. The molecule has 0 saturated heterocycles. The predicted molar refractivity (Wildman–Crippen MR) is 72.0 cm³/mol. The van der Waals surface area contributed by atoms with E-state index >= 15 is 0 Å². The minimum Gasteiger partial charge on any atom is -0.466 e. The van der Waals surface area contributed by atoms with Crippen molar-refractivity contribution >= 4 is 28.6 Å². The van der Waals surface area contributed by atoms with Crippen molar-refractivity contribution in [2.24, 2.45) is 0 Å². The van der Waals surface area contributed by atoms with Crippen LogP contribution in [0.4, 0.5) is 5.69 Å². The first-order valence-corrected chi connectivity index (χ1v) is 5.77. The van der Waals surface area contributed by atoms with Gasteiger partial charge >= 0.3 is 11.9 Å². The Morgan fingerprint density at radius 3 is 2.70 bits per heavy atom. The Hall–Kier alpha value is -2.76. The van der Waals surface area contributed by atoms with Gasteiger partial charge in [-0.05, 0) is 18.2 Å². The highest BCUT2D eigenvalue weighted by Gasteiger charge is 2.14. The van der Waals surface area contributed by atoms with Crippen LogP contribution in [0, 0.1) is 0 Å². The minimum absolute atomic E-state index is 0.0203. The van der Waals surface area contributed by atoms with E-state index in [1.54, 1.807) is 24.3 Å². The number of fused-ring (bicyclic) bond motifs is 1. The van der Waals surface area contributed by atoms with Gasteiger partial charge in [0.25, 0.3) is 0 Å². The molecular formula is C14H13NO5. The molecule has 0 bridgehead atoms. The van der Waals surface area contributed by atoms with Crippen molar-refractivity contribution in [3.63, 3.8) is 0 Å². The van der Waals surface area contributed by atoms with Gasteiger partial charge in [0.15, 0.2) is 0 Å². The minimum atomic E-state index is -0.670. The molecule has 0 spiro atoms. The lowest BCUT2D eigenvalue weighted by atomic mass is 10.2. The number of hydrogen-bond donors (Lipinski definition) is 1.